The standard InChI is InChI=1S/C22H24ClNO7/c23-15-2-1-13-5-16(10-25)31-11-14-9-24(21(26)8-19(14)18(13)6-15)20(22(27)28)7-17-12-29-3-4-30-17/h1-2,6,8-9,16-17,20,25H,3-5,7,10-12H2,(H,27,28). The Bertz CT molecular complexity index is 1020. The molecule has 31 heavy (non-hydrogen) atoms. The zero-order valence-corrected chi connectivity index (χ0v) is 17.6. The van der Waals surface area contributed by atoms with Crippen molar-refractivity contribution < 1.29 is 29.2 Å². The summed E-state index contributed by atoms with van der Waals surface area (Å²) in [5, 5.41) is 20.0. The number of hydrogen-bond donors (Lipinski definition) is 2. The second-order valence-corrected chi connectivity index (χ2v) is 8.17. The van der Waals surface area contributed by atoms with Crippen LogP contribution in [0.4, 0.5) is 0 Å². The Labute approximate surface area is 183 Å². The predicted molar refractivity (Wildman–Crippen MR) is 112 cm³/mol. The van der Waals surface area contributed by atoms with Crippen LogP contribution < -0.4 is 5.56 Å². The van der Waals surface area contributed by atoms with Gasteiger partial charge in [0.05, 0.1) is 45.2 Å². The van der Waals surface area contributed by atoms with Gasteiger partial charge in [-0.2, -0.15) is 0 Å². The minimum absolute atomic E-state index is 0.108. The first-order chi connectivity index (χ1) is 15.0. The Morgan fingerprint density at radius 3 is 2.68 bits per heavy atom. The number of aliphatic hydroxyl groups excluding tert-OH is 1. The van der Waals surface area contributed by atoms with E-state index in [0.717, 1.165) is 11.1 Å². The molecule has 0 saturated carbocycles. The molecule has 0 aliphatic carbocycles. The summed E-state index contributed by atoms with van der Waals surface area (Å²) in [6.45, 7) is 1.12. The van der Waals surface area contributed by atoms with Gasteiger partial charge >= 0.3 is 5.97 Å². The molecule has 1 aromatic carbocycles. The number of rotatable bonds is 5. The molecular formula is C22H24ClNO7. The number of carboxylic acids is 1. The fraction of sp³-hybridized carbons (Fsp3) is 0.455. The van der Waals surface area contributed by atoms with Crippen molar-refractivity contribution in [3.8, 4) is 11.1 Å². The van der Waals surface area contributed by atoms with Gasteiger partial charge in [-0.15, -0.1) is 0 Å². The minimum atomic E-state index is -1.13. The first-order valence-corrected chi connectivity index (χ1v) is 10.5. The lowest BCUT2D eigenvalue weighted by molar-refractivity contribution is -0.145. The van der Waals surface area contributed by atoms with Crippen molar-refractivity contribution in [2.75, 3.05) is 26.4 Å². The molecule has 0 bridgehead atoms. The highest BCUT2D eigenvalue weighted by Crippen LogP contribution is 2.33. The summed E-state index contributed by atoms with van der Waals surface area (Å²) in [6.07, 6.45) is 1.29. The summed E-state index contributed by atoms with van der Waals surface area (Å²) < 4.78 is 18.0. The van der Waals surface area contributed by atoms with Crippen molar-refractivity contribution in [1.82, 2.24) is 4.57 Å². The van der Waals surface area contributed by atoms with Crippen LogP contribution in [0.25, 0.3) is 11.1 Å². The maximum absolute atomic E-state index is 13.0. The molecule has 166 valence electrons. The van der Waals surface area contributed by atoms with Crippen LogP contribution in [0.15, 0.2) is 35.3 Å². The third-order valence-electron chi connectivity index (χ3n) is 5.64. The van der Waals surface area contributed by atoms with Gasteiger partial charge in [0.15, 0.2) is 0 Å². The van der Waals surface area contributed by atoms with E-state index in [-0.39, 0.29) is 26.2 Å². The number of halogens is 1. The van der Waals surface area contributed by atoms with Crippen LogP contribution in [0.2, 0.25) is 5.02 Å². The van der Waals surface area contributed by atoms with Crippen molar-refractivity contribution in [1.29, 1.82) is 0 Å². The number of benzene rings is 1. The third-order valence-corrected chi connectivity index (χ3v) is 5.88. The van der Waals surface area contributed by atoms with Gasteiger partial charge < -0.3 is 29.0 Å². The molecule has 0 spiro atoms. The first kappa shape index (κ1) is 22.0. The number of carboxylic acid groups (broad SMARTS) is 1. The number of carbonyl (C=O) groups is 1. The van der Waals surface area contributed by atoms with Crippen LogP contribution in [-0.4, -0.2) is 59.4 Å². The van der Waals surface area contributed by atoms with Crippen LogP contribution in [0.3, 0.4) is 0 Å². The summed E-state index contributed by atoms with van der Waals surface area (Å²) in [7, 11) is 0. The molecule has 1 saturated heterocycles. The third kappa shape index (κ3) is 4.83. The number of aromatic nitrogens is 1. The first-order valence-electron chi connectivity index (χ1n) is 10.1. The molecule has 2 aromatic rings. The van der Waals surface area contributed by atoms with E-state index in [1.807, 2.05) is 6.07 Å². The Morgan fingerprint density at radius 1 is 1.16 bits per heavy atom. The van der Waals surface area contributed by atoms with Gasteiger partial charge in [0, 0.05) is 35.7 Å². The van der Waals surface area contributed by atoms with E-state index in [0.29, 0.717) is 35.8 Å². The van der Waals surface area contributed by atoms with E-state index in [9.17, 15) is 19.8 Å². The second kappa shape index (κ2) is 9.50. The molecule has 0 amide bonds. The maximum atomic E-state index is 13.0. The lowest BCUT2D eigenvalue weighted by Gasteiger charge is -2.28. The number of nitrogens with zero attached hydrogens (tertiary/aromatic N) is 1. The van der Waals surface area contributed by atoms with Crippen molar-refractivity contribution in [3.63, 3.8) is 0 Å². The Morgan fingerprint density at radius 2 is 1.97 bits per heavy atom. The maximum Gasteiger partial charge on any atom is 0.326 e. The molecule has 1 aromatic heterocycles. The molecule has 3 heterocycles. The predicted octanol–water partition coefficient (Wildman–Crippen LogP) is 2.03. The lowest BCUT2D eigenvalue weighted by Crippen LogP contribution is -2.37. The quantitative estimate of drug-likeness (QED) is 0.719. The zero-order valence-electron chi connectivity index (χ0n) is 16.8. The number of aliphatic hydroxyl groups is 1. The Balaban J connectivity index is 1.77. The van der Waals surface area contributed by atoms with Crippen molar-refractivity contribution in [3.05, 3.63) is 57.0 Å². The molecule has 0 radical (unpaired) electrons. The van der Waals surface area contributed by atoms with Crippen LogP contribution in [-0.2, 0) is 32.0 Å². The molecular weight excluding hydrogens is 426 g/mol. The SMILES string of the molecule is O=C(O)C(CC1COCCO1)n1cc2c(cc1=O)-c1cc(Cl)ccc1CC(CO)OC2. The monoisotopic (exact) mass is 449 g/mol. The van der Waals surface area contributed by atoms with Crippen molar-refractivity contribution in [2.45, 2.75) is 37.7 Å². The van der Waals surface area contributed by atoms with Crippen LogP contribution in [0.5, 0.6) is 0 Å². The number of ether oxygens (including phenoxy) is 3. The van der Waals surface area contributed by atoms with Crippen LogP contribution in [0, 0.1) is 0 Å². The Kier molecular flexibility index (Phi) is 6.74. The summed E-state index contributed by atoms with van der Waals surface area (Å²) in [5.74, 6) is -1.13. The molecule has 3 atom stereocenters. The Hall–Kier alpha value is -2.23. The topological polar surface area (TPSA) is 107 Å². The van der Waals surface area contributed by atoms with Gasteiger partial charge in [-0.25, -0.2) is 4.79 Å². The van der Waals surface area contributed by atoms with Crippen molar-refractivity contribution in [2.24, 2.45) is 0 Å². The average molecular weight is 450 g/mol. The fourth-order valence-electron chi connectivity index (χ4n) is 4.06. The van der Waals surface area contributed by atoms with Crippen molar-refractivity contribution >= 4 is 17.6 Å². The van der Waals surface area contributed by atoms with Gasteiger partial charge in [-0.05, 0) is 28.8 Å². The lowest BCUT2D eigenvalue weighted by atomic mass is 9.92. The molecule has 2 N–H and O–H groups in total. The molecule has 8 nitrogen and oxygen atoms in total. The molecule has 2 aliphatic heterocycles. The average Bonchev–Trinajstić information content (AvgIpc) is 2.76. The fourth-order valence-corrected chi connectivity index (χ4v) is 4.23. The molecule has 4 rings (SSSR count). The molecule has 1 fully saturated rings. The normalized spacial score (nSPS) is 22.0. The zero-order chi connectivity index (χ0) is 22.0. The van der Waals surface area contributed by atoms with Gasteiger partial charge in [0.25, 0.3) is 5.56 Å². The summed E-state index contributed by atoms with van der Waals surface area (Å²) >= 11 is 6.21. The number of aliphatic carboxylic acids is 1. The minimum Gasteiger partial charge on any atom is -0.480 e. The van der Waals surface area contributed by atoms with E-state index in [4.69, 9.17) is 25.8 Å². The highest BCUT2D eigenvalue weighted by Gasteiger charge is 2.29. The number of pyridine rings is 1. The molecule has 9 heteroatoms. The second-order valence-electron chi connectivity index (χ2n) is 7.74. The van der Waals surface area contributed by atoms with Gasteiger partial charge in [0.2, 0.25) is 0 Å². The number of hydrogen-bond acceptors (Lipinski definition) is 6. The summed E-state index contributed by atoms with van der Waals surface area (Å²) in [4.78, 5) is 25.0. The number of fused-ring (bicyclic) bond motifs is 3. The highest BCUT2D eigenvalue weighted by atomic mass is 35.5. The van der Waals surface area contributed by atoms with Crippen LogP contribution >= 0.6 is 11.6 Å². The van der Waals surface area contributed by atoms with E-state index in [2.05, 4.69) is 0 Å². The van der Waals surface area contributed by atoms with E-state index < -0.39 is 29.8 Å². The summed E-state index contributed by atoms with van der Waals surface area (Å²) in [5.41, 5.74) is 2.53. The van der Waals surface area contributed by atoms with E-state index >= 15 is 0 Å². The van der Waals surface area contributed by atoms with Gasteiger partial charge in [0.1, 0.15) is 6.04 Å². The largest absolute Gasteiger partial charge is 0.480 e. The molecule has 3 unspecified atom stereocenters. The van der Waals surface area contributed by atoms with Gasteiger partial charge in [-0.1, -0.05) is 17.7 Å². The van der Waals surface area contributed by atoms with E-state index in [1.165, 1.54) is 16.8 Å². The smallest absolute Gasteiger partial charge is 0.326 e. The molecule has 2 aliphatic rings. The summed E-state index contributed by atoms with van der Waals surface area (Å²) in [6, 6.07) is 5.71. The highest BCUT2D eigenvalue weighted by molar-refractivity contribution is 6.30. The van der Waals surface area contributed by atoms with Crippen LogP contribution in [0.1, 0.15) is 23.6 Å². The van der Waals surface area contributed by atoms with Gasteiger partial charge in [-0.3, -0.25) is 4.79 Å². The van der Waals surface area contributed by atoms with E-state index in [1.54, 1.807) is 12.1 Å².